The van der Waals surface area contributed by atoms with Gasteiger partial charge in [-0.05, 0) is 55.9 Å². The number of nitrogens with zero attached hydrogens (tertiary/aromatic N) is 2. The summed E-state index contributed by atoms with van der Waals surface area (Å²) in [5.41, 5.74) is 6.61. The molecule has 4 rings (SSSR count). The van der Waals surface area contributed by atoms with Gasteiger partial charge in [-0.3, -0.25) is 4.79 Å². The Balaban J connectivity index is 1.49. The van der Waals surface area contributed by atoms with Crippen molar-refractivity contribution in [1.82, 2.24) is 10.6 Å². The number of aryl methyl sites for hydroxylation is 2. The predicted octanol–water partition coefficient (Wildman–Crippen LogP) is 4.67. The molecule has 180 valence electrons. The van der Waals surface area contributed by atoms with E-state index in [0.29, 0.717) is 28.9 Å². The van der Waals surface area contributed by atoms with Crippen LogP contribution in [0.4, 0.5) is 11.4 Å². The van der Waals surface area contributed by atoms with Crippen LogP contribution in [0.25, 0.3) is 0 Å². The minimum Gasteiger partial charge on any atom is -0.383 e. The maximum Gasteiger partial charge on any atom is 0.272 e. The first kappa shape index (κ1) is 24.7. The molecular weight excluding hydrogens is 478 g/mol. The summed E-state index contributed by atoms with van der Waals surface area (Å²) in [6.07, 6.45) is -0.881. The van der Waals surface area contributed by atoms with E-state index in [1.807, 2.05) is 42.5 Å². The van der Waals surface area contributed by atoms with Crippen molar-refractivity contribution in [3.8, 4) is 0 Å². The van der Waals surface area contributed by atoms with E-state index in [2.05, 4.69) is 48.0 Å². The van der Waals surface area contributed by atoms with Crippen molar-refractivity contribution in [2.24, 2.45) is 4.99 Å². The van der Waals surface area contributed by atoms with Crippen LogP contribution in [0.2, 0.25) is 5.02 Å². The average Bonchev–Trinajstić information content (AvgIpc) is 2.94. The number of benzodiazepines with no additional fused rings is 1. The van der Waals surface area contributed by atoms with Crippen LogP contribution in [-0.2, 0) is 4.79 Å². The number of carbonyl (C=O) groups excluding carboxylic acids is 1. The number of amides is 1. The molecule has 1 heterocycles. The molecule has 1 aliphatic heterocycles. The van der Waals surface area contributed by atoms with E-state index in [9.17, 15) is 4.79 Å². The first-order valence-electron chi connectivity index (χ1n) is 11.4. The van der Waals surface area contributed by atoms with Gasteiger partial charge in [0, 0.05) is 42.0 Å². The van der Waals surface area contributed by atoms with Gasteiger partial charge in [0.25, 0.3) is 5.91 Å². The number of thiocarbonyl (C=S) groups is 1. The van der Waals surface area contributed by atoms with E-state index in [0.717, 1.165) is 22.5 Å². The fourth-order valence-electron chi connectivity index (χ4n) is 4.03. The maximum absolute atomic E-state index is 13.3. The normalized spacial score (nSPS) is 15.1. The van der Waals surface area contributed by atoms with Crippen LogP contribution in [0, 0.1) is 13.8 Å². The first-order valence-corrected chi connectivity index (χ1v) is 12.2. The molecule has 6 nitrogen and oxygen atoms in total. The Morgan fingerprint density at radius 1 is 1.06 bits per heavy atom. The number of nitrogens with one attached hydrogen (secondary N) is 3. The molecule has 0 aliphatic carbocycles. The number of benzene rings is 3. The van der Waals surface area contributed by atoms with Crippen LogP contribution in [-0.4, -0.2) is 43.0 Å². The third kappa shape index (κ3) is 5.81. The minimum absolute atomic E-state index is 0.211. The van der Waals surface area contributed by atoms with Gasteiger partial charge in [-0.15, -0.1) is 0 Å². The number of hydrogen-bond donors (Lipinski definition) is 3. The molecule has 3 N–H and O–H groups in total. The van der Waals surface area contributed by atoms with Crippen LogP contribution < -0.4 is 20.9 Å². The highest BCUT2D eigenvalue weighted by molar-refractivity contribution is 7.80. The van der Waals surface area contributed by atoms with Gasteiger partial charge in [0.1, 0.15) is 0 Å². The molecule has 8 heteroatoms. The summed E-state index contributed by atoms with van der Waals surface area (Å²) in [7, 11) is 1.73. The number of aliphatic imine (C=N–C) groups is 1. The van der Waals surface area contributed by atoms with Crippen LogP contribution >= 0.6 is 23.8 Å². The lowest BCUT2D eigenvalue weighted by molar-refractivity contribution is -0.119. The SMILES string of the molecule is Cc1ccc(NCCNC(=S)NC2N=C(c3ccccc3)c3cc(Cl)ccc3N(C)C2=O)c(C)c1. The topological polar surface area (TPSA) is 68.8 Å². The molecule has 0 spiro atoms. The summed E-state index contributed by atoms with van der Waals surface area (Å²) in [6.45, 7) is 5.41. The second-order valence-corrected chi connectivity index (χ2v) is 9.30. The second kappa shape index (κ2) is 10.9. The lowest BCUT2D eigenvalue weighted by atomic mass is 10.0. The average molecular weight is 506 g/mol. The third-order valence-corrected chi connectivity index (χ3v) is 6.32. The maximum atomic E-state index is 13.3. The molecule has 3 aromatic rings. The zero-order chi connectivity index (χ0) is 24.9. The number of fused-ring (bicyclic) bond motifs is 1. The van der Waals surface area contributed by atoms with E-state index in [1.54, 1.807) is 18.0 Å². The van der Waals surface area contributed by atoms with Crippen molar-refractivity contribution >= 4 is 51.9 Å². The molecule has 0 fully saturated rings. The molecule has 0 aromatic heterocycles. The zero-order valence-corrected chi connectivity index (χ0v) is 21.5. The summed E-state index contributed by atoms with van der Waals surface area (Å²) in [5, 5.41) is 10.6. The largest absolute Gasteiger partial charge is 0.383 e. The van der Waals surface area contributed by atoms with Gasteiger partial charge in [-0.25, -0.2) is 4.99 Å². The van der Waals surface area contributed by atoms with Crippen molar-refractivity contribution in [3.05, 3.63) is 94.0 Å². The van der Waals surface area contributed by atoms with Gasteiger partial charge < -0.3 is 20.9 Å². The quantitative estimate of drug-likeness (QED) is 0.335. The minimum atomic E-state index is -0.881. The summed E-state index contributed by atoms with van der Waals surface area (Å²) in [6, 6.07) is 21.5. The molecule has 1 amide bonds. The standard InChI is InChI=1S/C27H28ClN5OS/c1-17-9-11-22(18(2)15-17)29-13-14-30-27(35)32-25-26(34)33(3)23-12-10-20(28)16-21(23)24(31-25)19-7-5-4-6-8-19/h4-12,15-16,25,29H,13-14H2,1-3H3,(H2,30,32,35). The molecule has 0 radical (unpaired) electrons. The van der Waals surface area contributed by atoms with E-state index >= 15 is 0 Å². The fraction of sp³-hybridized carbons (Fsp3) is 0.222. The van der Waals surface area contributed by atoms with Gasteiger partial charge in [0.05, 0.1) is 11.4 Å². The summed E-state index contributed by atoms with van der Waals surface area (Å²) < 4.78 is 0. The monoisotopic (exact) mass is 505 g/mol. The van der Waals surface area contributed by atoms with Crippen molar-refractivity contribution in [3.63, 3.8) is 0 Å². The van der Waals surface area contributed by atoms with E-state index in [4.69, 9.17) is 28.8 Å². The van der Waals surface area contributed by atoms with Crippen molar-refractivity contribution in [1.29, 1.82) is 0 Å². The number of rotatable bonds is 6. The lowest BCUT2D eigenvalue weighted by Crippen LogP contribution is -2.49. The molecule has 35 heavy (non-hydrogen) atoms. The Hall–Kier alpha value is -3.42. The Morgan fingerprint density at radius 2 is 1.83 bits per heavy atom. The van der Waals surface area contributed by atoms with E-state index in [-0.39, 0.29) is 5.91 Å². The second-order valence-electron chi connectivity index (χ2n) is 8.45. The number of carbonyl (C=O) groups is 1. The van der Waals surface area contributed by atoms with E-state index in [1.165, 1.54) is 11.1 Å². The molecule has 1 aliphatic rings. The van der Waals surface area contributed by atoms with Crippen LogP contribution in [0.1, 0.15) is 22.3 Å². The highest BCUT2D eigenvalue weighted by Crippen LogP contribution is 2.29. The number of hydrogen-bond acceptors (Lipinski definition) is 4. The third-order valence-electron chi connectivity index (χ3n) is 5.82. The van der Waals surface area contributed by atoms with Crippen molar-refractivity contribution in [2.45, 2.75) is 20.0 Å². The zero-order valence-electron chi connectivity index (χ0n) is 19.9. The van der Waals surface area contributed by atoms with Gasteiger partial charge in [0.15, 0.2) is 5.11 Å². The summed E-state index contributed by atoms with van der Waals surface area (Å²) >= 11 is 11.8. The number of likely N-dealkylation sites (N-methyl/N-ethyl adjacent to an activating group) is 1. The smallest absolute Gasteiger partial charge is 0.272 e. The predicted molar refractivity (Wildman–Crippen MR) is 149 cm³/mol. The van der Waals surface area contributed by atoms with Crippen molar-refractivity contribution < 1.29 is 4.79 Å². The van der Waals surface area contributed by atoms with E-state index < -0.39 is 6.17 Å². The first-order chi connectivity index (χ1) is 16.8. The van der Waals surface area contributed by atoms with Gasteiger partial charge in [0.2, 0.25) is 6.17 Å². The van der Waals surface area contributed by atoms with Gasteiger partial charge >= 0.3 is 0 Å². The molecular formula is C27H28ClN5OS. The number of anilines is 2. The van der Waals surface area contributed by atoms with Gasteiger partial charge in [-0.2, -0.15) is 0 Å². The highest BCUT2D eigenvalue weighted by Gasteiger charge is 2.30. The molecule has 3 aromatic carbocycles. The Kier molecular flexibility index (Phi) is 7.68. The van der Waals surface area contributed by atoms with Crippen LogP contribution in [0.15, 0.2) is 71.7 Å². The molecule has 0 saturated carbocycles. The summed E-state index contributed by atoms with van der Waals surface area (Å²) in [4.78, 5) is 19.7. The van der Waals surface area contributed by atoms with Gasteiger partial charge in [-0.1, -0.05) is 59.6 Å². The Morgan fingerprint density at radius 3 is 2.57 bits per heavy atom. The fourth-order valence-corrected chi connectivity index (χ4v) is 4.41. The molecule has 0 bridgehead atoms. The molecule has 1 atom stereocenters. The van der Waals surface area contributed by atoms with Crippen LogP contribution in [0.5, 0.6) is 0 Å². The molecule has 1 unspecified atom stereocenters. The van der Waals surface area contributed by atoms with Crippen molar-refractivity contribution in [2.75, 3.05) is 30.4 Å². The Bertz CT molecular complexity index is 1280. The lowest BCUT2D eigenvalue weighted by Gasteiger charge is -2.22. The Labute approximate surface area is 216 Å². The summed E-state index contributed by atoms with van der Waals surface area (Å²) in [5.74, 6) is -0.211. The highest BCUT2D eigenvalue weighted by atomic mass is 35.5. The van der Waals surface area contributed by atoms with Crippen LogP contribution in [0.3, 0.4) is 0 Å². The molecule has 0 saturated heterocycles. The number of halogens is 1.